The number of halogens is 3. The maximum absolute atomic E-state index is 10.9. The highest BCUT2D eigenvalue weighted by Crippen LogP contribution is 2.27. The van der Waals surface area contributed by atoms with E-state index < -0.39 is 21.1 Å². The number of rotatable bonds is 3. The summed E-state index contributed by atoms with van der Waals surface area (Å²) in [7, 11) is 1.56. The number of fused-ring (bicyclic) bond motifs is 1. The molecule has 0 atom stereocenters. The number of ether oxygens (including phenoxy) is 1. The summed E-state index contributed by atoms with van der Waals surface area (Å²) < 4.78 is 7.08. The molecule has 1 aliphatic rings. The summed E-state index contributed by atoms with van der Waals surface area (Å²) in [6.45, 7) is 7.10. The summed E-state index contributed by atoms with van der Waals surface area (Å²) in [5, 5.41) is 22.3. The Kier molecular flexibility index (Phi) is 16.1. The number of nitrogens with zero attached hydrogens (tertiary/aromatic N) is 5. The molecule has 43 heavy (non-hydrogen) atoms. The van der Waals surface area contributed by atoms with E-state index in [9.17, 15) is 25.0 Å². The summed E-state index contributed by atoms with van der Waals surface area (Å²) in [5.74, 6) is 0. The second-order valence-electron chi connectivity index (χ2n) is 8.57. The first-order valence-electron chi connectivity index (χ1n) is 12.3. The van der Waals surface area contributed by atoms with Crippen molar-refractivity contribution in [3.8, 4) is 0 Å². The largest absolute Gasteiger partial charge is 0.381 e. The number of aliphatic imine (C=N–C) groups is 1. The molecule has 4 aromatic heterocycles. The third-order valence-electron chi connectivity index (χ3n) is 5.67. The van der Waals surface area contributed by atoms with Gasteiger partial charge in [0.2, 0.25) is 0 Å². The second kappa shape index (κ2) is 18.4. The molecule has 232 valence electrons. The summed E-state index contributed by atoms with van der Waals surface area (Å²) in [4.78, 5) is 48.1. The molecule has 5 rings (SSSR count). The maximum Gasteiger partial charge on any atom is 0.337 e. The molecule has 0 saturated carbocycles. The van der Waals surface area contributed by atoms with E-state index >= 15 is 0 Å². The Bertz CT molecular complexity index is 1590. The Balaban J connectivity index is 0.000000296. The lowest BCUT2D eigenvalue weighted by atomic mass is 10.2. The van der Waals surface area contributed by atoms with Gasteiger partial charge in [-0.05, 0) is 87.5 Å². The van der Waals surface area contributed by atoms with Gasteiger partial charge in [0, 0.05) is 71.2 Å². The van der Waals surface area contributed by atoms with Crippen LogP contribution in [0.25, 0.3) is 10.9 Å². The highest BCUT2D eigenvalue weighted by atomic mass is 79.9. The highest BCUT2D eigenvalue weighted by Gasteiger charge is 2.20. The molecule has 4 aromatic rings. The number of aromatic amines is 2. The molecule has 16 heteroatoms. The minimum absolute atomic E-state index is 0. The van der Waals surface area contributed by atoms with Gasteiger partial charge in [-0.25, -0.2) is 0 Å². The van der Waals surface area contributed by atoms with Crippen molar-refractivity contribution in [2.45, 2.75) is 41.0 Å². The number of aromatic nitrogens is 4. The van der Waals surface area contributed by atoms with Crippen LogP contribution in [0, 0.1) is 41.0 Å². The quantitative estimate of drug-likeness (QED) is 0.121. The zero-order chi connectivity index (χ0) is 31.4. The molecule has 0 amide bonds. The van der Waals surface area contributed by atoms with Crippen molar-refractivity contribution in [1.82, 2.24) is 19.9 Å². The number of H-pyrrole nitrogens is 2. The summed E-state index contributed by atoms with van der Waals surface area (Å²) in [6.07, 6.45) is 10.6. The van der Waals surface area contributed by atoms with Crippen LogP contribution in [0.3, 0.4) is 0 Å². The lowest BCUT2D eigenvalue weighted by Gasteiger charge is -2.01. The topological polar surface area (TPSA) is 182 Å². The molecule has 2 N–H and O–H groups in total. The van der Waals surface area contributed by atoms with E-state index in [0.29, 0.717) is 25.8 Å². The van der Waals surface area contributed by atoms with Gasteiger partial charge in [-0.1, -0.05) is 7.43 Å². The predicted molar refractivity (Wildman–Crippen MR) is 178 cm³/mol. The van der Waals surface area contributed by atoms with Crippen LogP contribution < -0.4 is 5.56 Å². The van der Waals surface area contributed by atoms with Gasteiger partial charge in [-0.3, -0.25) is 40.0 Å². The Hall–Kier alpha value is -3.34. The molecule has 0 aliphatic carbocycles. The van der Waals surface area contributed by atoms with E-state index in [4.69, 9.17) is 4.74 Å². The number of aryl methyl sites for hydroxylation is 2. The van der Waals surface area contributed by atoms with Crippen LogP contribution in [0.2, 0.25) is 0 Å². The molecule has 1 fully saturated rings. The van der Waals surface area contributed by atoms with Gasteiger partial charge in [0.25, 0.3) is 5.69 Å². The monoisotopic (exact) mass is 787 g/mol. The molecule has 0 unspecified atom stereocenters. The van der Waals surface area contributed by atoms with E-state index in [1.807, 2.05) is 25.4 Å². The van der Waals surface area contributed by atoms with Crippen molar-refractivity contribution >= 4 is 76.3 Å². The number of nitro groups is 2. The van der Waals surface area contributed by atoms with Crippen LogP contribution in [0.15, 0.2) is 54.1 Å². The molecular formula is C27H32Br3N7O6. The Morgan fingerprint density at radius 2 is 1.51 bits per heavy atom. The van der Waals surface area contributed by atoms with Crippen LogP contribution in [-0.2, 0) is 4.74 Å². The minimum Gasteiger partial charge on any atom is -0.381 e. The van der Waals surface area contributed by atoms with Gasteiger partial charge in [0.05, 0.1) is 31.1 Å². The van der Waals surface area contributed by atoms with Crippen molar-refractivity contribution in [3.63, 3.8) is 0 Å². The molecule has 0 aromatic carbocycles. The lowest BCUT2D eigenvalue weighted by Crippen LogP contribution is -2.12. The molecule has 13 nitrogen and oxygen atoms in total. The second-order valence-corrected chi connectivity index (χ2v) is 11.1. The number of nitrogens with one attached hydrogen (secondary N) is 2. The van der Waals surface area contributed by atoms with Crippen molar-refractivity contribution in [2.75, 3.05) is 20.3 Å². The van der Waals surface area contributed by atoms with Gasteiger partial charge in [0.1, 0.15) is 5.69 Å². The fourth-order valence-corrected chi connectivity index (χ4v) is 4.68. The molecule has 0 bridgehead atoms. The molecular weight excluding hydrogens is 758 g/mol. The van der Waals surface area contributed by atoms with Crippen LogP contribution in [-0.4, -0.2) is 56.3 Å². The van der Waals surface area contributed by atoms with Crippen molar-refractivity contribution in [2.24, 2.45) is 4.99 Å². The van der Waals surface area contributed by atoms with Crippen LogP contribution >= 0.6 is 47.8 Å². The van der Waals surface area contributed by atoms with E-state index in [-0.39, 0.29) is 13.1 Å². The Labute approximate surface area is 273 Å². The zero-order valence-electron chi connectivity index (χ0n) is 23.1. The molecule has 1 aliphatic heterocycles. The molecule has 0 spiro atoms. The minimum atomic E-state index is -0.696. The Morgan fingerprint density at radius 3 is 2.00 bits per heavy atom. The van der Waals surface area contributed by atoms with Crippen molar-refractivity contribution < 1.29 is 14.6 Å². The van der Waals surface area contributed by atoms with Gasteiger partial charge in [-0.15, -0.1) is 0 Å². The SMILES string of the molecule is C.C1CCOC1.CN=Cc1c(Br)cnc(C)c1[N+](=O)[O-].Cc1c(Br)c[nH]c(=O)c1[N+](=O)[O-].Cc1ncc(Br)c2cc[nH]c12. The fraction of sp³-hybridized carbons (Fsp3) is 0.333. The van der Waals surface area contributed by atoms with Crippen molar-refractivity contribution in [1.29, 1.82) is 0 Å². The molecule has 5 heterocycles. The van der Waals surface area contributed by atoms with Gasteiger partial charge in [0.15, 0.2) is 0 Å². The third-order valence-corrected chi connectivity index (χ3v) is 7.76. The third kappa shape index (κ3) is 10.7. The number of pyridine rings is 3. The maximum atomic E-state index is 10.9. The van der Waals surface area contributed by atoms with Crippen LogP contribution in [0.4, 0.5) is 11.4 Å². The number of hydrogen-bond acceptors (Lipinski definition) is 9. The van der Waals surface area contributed by atoms with Gasteiger partial charge >= 0.3 is 11.2 Å². The standard InChI is InChI=1S/C8H8BrN3O2.C8H7BrN2.C6H5BrN2O3.C4H8O.CH4/c1-5-8(12(13)14)6(3-10-2)7(9)4-11-5;1-5-8-6(2-3-10-8)7(9)4-11-5;1-3-4(7)2-8-6(10)5(3)9(11)12;1-2-4-5-3-1;/h3-4H,1-2H3;2-4,10H,1H3;2H,1H3,(H,8,10);1-4H2;1H4. The van der Waals surface area contributed by atoms with E-state index in [0.717, 1.165) is 28.9 Å². The first-order valence-corrected chi connectivity index (χ1v) is 14.7. The molecule has 1 saturated heterocycles. The first-order chi connectivity index (χ1) is 19.9. The predicted octanol–water partition coefficient (Wildman–Crippen LogP) is 7.53. The summed E-state index contributed by atoms with van der Waals surface area (Å²) in [6, 6.07) is 2.04. The summed E-state index contributed by atoms with van der Waals surface area (Å²) >= 11 is 9.69. The van der Waals surface area contributed by atoms with Gasteiger partial charge in [-0.2, -0.15) is 0 Å². The summed E-state index contributed by atoms with van der Waals surface area (Å²) in [5.41, 5.74) is 2.21. The van der Waals surface area contributed by atoms with Crippen LogP contribution in [0.5, 0.6) is 0 Å². The van der Waals surface area contributed by atoms with Gasteiger partial charge < -0.3 is 14.7 Å². The average molecular weight is 790 g/mol. The zero-order valence-corrected chi connectivity index (χ0v) is 27.9. The number of hydrogen-bond donors (Lipinski definition) is 2. The van der Waals surface area contributed by atoms with E-state index in [1.54, 1.807) is 14.0 Å². The van der Waals surface area contributed by atoms with E-state index in [2.05, 4.69) is 72.7 Å². The lowest BCUT2D eigenvalue weighted by molar-refractivity contribution is -0.387. The fourth-order valence-electron chi connectivity index (χ4n) is 3.55. The highest BCUT2D eigenvalue weighted by molar-refractivity contribution is 9.11. The average Bonchev–Trinajstić information content (AvgIpc) is 3.68. The molecule has 0 radical (unpaired) electrons. The Morgan fingerprint density at radius 1 is 0.930 bits per heavy atom. The normalized spacial score (nSPS) is 11.8. The van der Waals surface area contributed by atoms with Crippen molar-refractivity contribution in [3.05, 3.63) is 97.4 Å². The first kappa shape index (κ1) is 37.7. The van der Waals surface area contributed by atoms with Crippen LogP contribution in [0.1, 0.15) is 42.8 Å². The smallest absolute Gasteiger partial charge is 0.337 e. The van der Waals surface area contributed by atoms with E-state index in [1.165, 1.54) is 43.8 Å².